The minimum atomic E-state index is -0.573. The van der Waals surface area contributed by atoms with Gasteiger partial charge in [0.05, 0.1) is 23.4 Å². The van der Waals surface area contributed by atoms with E-state index in [1.54, 1.807) is 17.1 Å². The highest BCUT2D eigenvalue weighted by molar-refractivity contribution is 7.07. The van der Waals surface area contributed by atoms with Crippen molar-refractivity contribution >= 4 is 17.2 Å². The van der Waals surface area contributed by atoms with Gasteiger partial charge < -0.3 is 10.4 Å². The van der Waals surface area contributed by atoms with Crippen LogP contribution in [0.1, 0.15) is 16.2 Å². The van der Waals surface area contributed by atoms with Crippen LogP contribution < -0.4 is 5.32 Å². The molecule has 1 aliphatic heterocycles. The maximum atomic E-state index is 12.0. The number of aliphatic hydroxyl groups excluding tert-OH is 1. The van der Waals surface area contributed by atoms with Gasteiger partial charge >= 0.3 is 0 Å². The number of amides is 1. The van der Waals surface area contributed by atoms with Crippen molar-refractivity contribution in [2.75, 3.05) is 13.1 Å². The lowest BCUT2D eigenvalue weighted by Gasteiger charge is -2.15. The van der Waals surface area contributed by atoms with E-state index in [0.29, 0.717) is 25.3 Å². The standard InChI is InChI=1S/C14H16N4O2S/c19-13-7-18(5-10-3-1-2-4-15-10)6-11(13)17-14(20)12-8-21-9-16-12/h1-4,8-9,11,13,19H,5-7H2,(H,17,20)/t11-,13-/m1/s1. The van der Waals surface area contributed by atoms with Crippen LogP contribution in [0.4, 0.5) is 0 Å². The predicted molar refractivity (Wildman–Crippen MR) is 78.9 cm³/mol. The zero-order chi connectivity index (χ0) is 14.7. The highest BCUT2D eigenvalue weighted by Gasteiger charge is 2.32. The number of nitrogens with one attached hydrogen (secondary N) is 1. The van der Waals surface area contributed by atoms with Crippen molar-refractivity contribution in [1.82, 2.24) is 20.2 Å². The second kappa shape index (κ2) is 6.30. The highest BCUT2D eigenvalue weighted by Crippen LogP contribution is 2.14. The Morgan fingerprint density at radius 3 is 3.05 bits per heavy atom. The molecule has 2 aromatic heterocycles. The van der Waals surface area contributed by atoms with E-state index in [2.05, 4.69) is 20.2 Å². The van der Waals surface area contributed by atoms with E-state index >= 15 is 0 Å². The van der Waals surface area contributed by atoms with E-state index in [9.17, 15) is 9.90 Å². The summed E-state index contributed by atoms with van der Waals surface area (Å²) in [6.45, 7) is 1.80. The molecule has 2 aromatic rings. The maximum Gasteiger partial charge on any atom is 0.271 e. The number of pyridine rings is 1. The fraction of sp³-hybridized carbons (Fsp3) is 0.357. The largest absolute Gasteiger partial charge is 0.390 e. The molecule has 0 bridgehead atoms. The van der Waals surface area contributed by atoms with E-state index in [-0.39, 0.29) is 11.9 Å². The van der Waals surface area contributed by atoms with Crippen LogP contribution >= 0.6 is 11.3 Å². The first kappa shape index (κ1) is 14.1. The number of carbonyl (C=O) groups excluding carboxylic acids is 1. The predicted octanol–water partition coefficient (Wildman–Crippen LogP) is 0.513. The first-order valence-corrected chi connectivity index (χ1v) is 7.66. The average Bonchev–Trinajstić information content (AvgIpc) is 3.11. The number of likely N-dealkylation sites (tertiary alicyclic amines) is 1. The fourth-order valence-electron chi connectivity index (χ4n) is 2.42. The summed E-state index contributed by atoms with van der Waals surface area (Å²) >= 11 is 1.38. The molecule has 0 saturated carbocycles. The zero-order valence-corrected chi connectivity index (χ0v) is 12.2. The number of nitrogens with zero attached hydrogens (tertiary/aromatic N) is 3. The topological polar surface area (TPSA) is 78.4 Å². The van der Waals surface area contributed by atoms with Crippen LogP contribution in [0, 0.1) is 0 Å². The molecule has 7 heteroatoms. The summed E-state index contributed by atoms with van der Waals surface area (Å²) in [5.41, 5.74) is 2.97. The third-order valence-electron chi connectivity index (χ3n) is 3.46. The number of thiazole rings is 1. The van der Waals surface area contributed by atoms with Crippen molar-refractivity contribution in [3.8, 4) is 0 Å². The van der Waals surface area contributed by atoms with Gasteiger partial charge in [-0.05, 0) is 12.1 Å². The van der Waals surface area contributed by atoms with Crippen LogP contribution in [0.2, 0.25) is 0 Å². The van der Waals surface area contributed by atoms with Crippen LogP contribution in [-0.2, 0) is 6.54 Å². The number of aromatic nitrogens is 2. The van der Waals surface area contributed by atoms with Crippen molar-refractivity contribution < 1.29 is 9.90 Å². The molecular formula is C14H16N4O2S. The number of hydrogen-bond donors (Lipinski definition) is 2. The minimum Gasteiger partial charge on any atom is -0.390 e. The van der Waals surface area contributed by atoms with Gasteiger partial charge in [-0.3, -0.25) is 14.7 Å². The minimum absolute atomic E-state index is 0.236. The van der Waals surface area contributed by atoms with Crippen LogP contribution in [0.15, 0.2) is 35.3 Å². The third kappa shape index (κ3) is 3.44. The molecule has 3 heterocycles. The molecule has 1 amide bonds. The lowest BCUT2D eigenvalue weighted by atomic mass is 10.2. The Labute approximate surface area is 126 Å². The van der Waals surface area contributed by atoms with Crippen LogP contribution in [-0.4, -0.2) is 51.1 Å². The number of β-amino-alcohol motifs (C(OH)–C–C–N with tert-alkyl or cyclic N) is 1. The molecule has 0 radical (unpaired) electrons. The average molecular weight is 304 g/mol. The van der Waals surface area contributed by atoms with Crippen molar-refractivity contribution in [2.45, 2.75) is 18.7 Å². The summed E-state index contributed by atoms with van der Waals surface area (Å²) in [6.07, 6.45) is 1.18. The summed E-state index contributed by atoms with van der Waals surface area (Å²) in [6, 6.07) is 5.49. The number of rotatable bonds is 4. The fourth-order valence-corrected chi connectivity index (χ4v) is 2.96. The quantitative estimate of drug-likeness (QED) is 0.861. The maximum absolute atomic E-state index is 12.0. The van der Waals surface area contributed by atoms with Gasteiger partial charge in [-0.25, -0.2) is 4.98 Å². The molecule has 0 unspecified atom stereocenters. The van der Waals surface area contributed by atoms with Gasteiger partial charge in [-0.15, -0.1) is 11.3 Å². The lowest BCUT2D eigenvalue weighted by molar-refractivity contribution is 0.0884. The van der Waals surface area contributed by atoms with Crippen LogP contribution in [0.25, 0.3) is 0 Å². The smallest absolute Gasteiger partial charge is 0.271 e. The Morgan fingerprint density at radius 1 is 1.43 bits per heavy atom. The second-order valence-corrected chi connectivity index (χ2v) is 5.75. The van der Waals surface area contributed by atoms with Crippen LogP contribution in [0.5, 0.6) is 0 Å². The van der Waals surface area contributed by atoms with E-state index in [4.69, 9.17) is 0 Å². The zero-order valence-electron chi connectivity index (χ0n) is 11.3. The van der Waals surface area contributed by atoms with Crippen LogP contribution in [0.3, 0.4) is 0 Å². The molecule has 6 nitrogen and oxygen atoms in total. The normalized spacial score (nSPS) is 22.3. The van der Waals surface area contributed by atoms with Gasteiger partial charge in [0.1, 0.15) is 5.69 Å². The van der Waals surface area contributed by atoms with E-state index in [1.807, 2.05) is 18.2 Å². The molecule has 2 atom stereocenters. The van der Waals surface area contributed by atoms with E-state index < -0.39 is 6.10 Å². The SMILES string of the molecule is O=C(N[C@@H]1CN(Cc2ccccn2)C[C@H]1O)c1cscn1. The number of aliphatic hydroxyl groups is 1. The summed E-state index contributed by atoms with van der Waals surface area (Å²) < 4.78 is 0. The first-order valence-electron chi connectivity index (χ1n) is 6.72. The Hall–Kier alpha value is -1.83. The van der Waals surface area contributed by atoms with Gasteiger partial charge in [-0.1, -0.05) is 6.07 Å². The Bertz CT molecular complexity index is 590. The molecule has 1 saturated heterocycles. The monoisotopic (exact) mass is 304 g/mol. The van der Waals surface area contributed by atoms with Crippen molar-refractivity contribution in [2.24, 2.45) is 0 Å². The van der Waals surface area contributed by atoms with Gasteiger partial charge in [0.25, 0.3) is 5.91 Å². The second-order valence-electron chi connectivity index (χ2n) is 5.04. The molecule has 0 aliphatic carbocycles. The van der Waals surface area contributed by atoms with Gasteiger partial charge in [0, 0.05) is 31.2 Å². The van der Waals surface area contributed by atoms with Gasteiger partial charge in [0.2, 0.25) is 0 Å². The van der Waals surface area contributed by atoms with Crippen molar-refractivity contribution in [1.29, 1.82) is 0 Å². The lowest BCUT2D eigenvalue weighted by Crippen LogP contribution is -2.42. The molecule has 110 valence electrons. The molecule has 3 rings (SSSR count). The number of carbonyl (C=O) groups is 1. The first-order chi connectivity index (χ1) is 10.2. The van der Waals surface area contributed by atoms with E-state index in [1.165, 1.54) is 11.3 Å². The van der Waals surface area contributed by atoms with Crippen molar-refractivity contribution in [3.05, 3.63) is 46.7 Å². The molecule has 21 heavy (non-hydrogen) atoms. The highest BCUT2D eigenvalue weighted by atomic mass is 32.1. The van der Waals surface area contributed by atoms with Crippen molar-refractivity contribution in [3.63, 3.8) is 0 Å². The molecule has 2 N–H and O–H groups in total. The van der Waals surface area contributed by atoms with Gasteiger partial charge in [-0.2, -0.15) is 0 Å². The summed E-state index contributed by atoms with van der Waals surface area (Å²) in [5, 5.41) is 14.6. The molecular weight excluding hydrogens is 288 g/mol. The molecule has 1 aliphatic rings. The third-order valence-corrected chi connectivity index (χ3v) is 4.04. The number of hydrogen-bond acceptors (Lipinski definition) is 6. The molecule has 0 spiro atoms. The van der Waals surface area contributed by atoms with E-state index in [0.717, 1.165) is 5.69 Å². The Morgan fingerprint density at radius 2 is 2.33 bits per heavy atom. The molecule has 0 aromatic carbocycles. The summed E-state index contributed by atoms with van der Waals surface area (Å²) in [4.78, 5) is 22.3. The Balaban J connectivity index is 1.57. The Kier molecular flexibility index (Phi) is 4.23. The summed E-state index contributed by atoms with van der Waals surface area (Å²) in [7, 11) is 0. The van der Waals surface area contributed by atoms with Gasteiger partial charge in [0.15, 0.2) is 0 Å². The molecule has 1 fully saturated rings. The summed E-state index contributed by atoms with van der Waals surface area (Å²) in [5.74, 6) is -0.236.